The van der Waals surface area contributed by atoms with Crippen LogP contribution in [-0.2, 0) is 18.9 Å². The van der Waals surface area contributed by atoms with Crippen molar-refractivity contribution in [2.75, 3.05) is 5.73 Å². The molecule has 0 bridgehead atoms. The first-order valence-corrected chi connectivity index (χ1v) is 6.11. The van der Waals surface area contributed by atoms with Crippen molar-refractivity contribution in [1.82, 2.24) is 14.8 Å². The zero-order valence-electron chi connectivity index (χ0n) is 11.4. The molecule has 0 unspecified atom stereocenters. The number of aromatic nitrogens is 3. The van der Waals surface area contributed by atoms with Crippen LogP contribution in [-0.4, -0.2) is 14.8 Å². The molecule has 1 aromatic carbocycles. The van der Waals surface area contributed by atoms with Crippen LogP contribution in [0.15, 0.2) is 24.3 Å². The van der Waals surface area contributed by atoms with Crippen molar-refractivity contribution in [2.24, 2.45) is 7.05 Å². The minimum atomic E-state index is -0.0167. The summed E-state index contributed by atoms with van der Waals surface area (Å²) in [5.74, 6) is 1.86. The summed E-state index contributed by atoms with van der Waals surface area (Å²) in [5.41, 5.74) is 7.64. The van der Waals surface area contributed by atoms with E-state index < -0.39 is 0 Å². The van der Waals surface area contributed by atoms with Crippen molar-refractivity contribution in [2.45, 2.75) is 32.6 Å². The van der Waals surface area contributed by atoms with E-state index in [2.05, 4.69) is 30.9 Å². The standard InChI is InChI=1S/C14H20N4/c1-14(2,3)13-16-12(18(4)17-13)9-10-5-7-11(15)8-6-10/h5-8H,9,15H2,1-4H3. The second-order valence-electron chi connectivity index (χ2n) is 5.64. The summed E-state index contributed by atoms with van der Waals surface area (Å²) in [6.45, 7) is 6.36. The fourth-order valence-corrected chi connectivity index (χ4v) is 1.71. The van der Waals surface area contributed by atoms with E-state index in [1.54, 1.807) is 0 Å². The number of nitrogen functional groups attached to an aromatic ring is 1. The zero-order chi connectivity index (χ0) is 13.3. The molecule has 0 radical (unpaired) electrons. The molecule has 0 saturated heterocycles. The topological polar surface area (TPSA) is 56.7 Å². The van der Waals surface area contributed by atoms with E-state index >= 15 is 0 Å². The molecule has 0 amide bonds. The van der Waals surface area contributed by atoms with Crippen molar-refractivity contribution < 1.29 is 0 Å². The van der Waals surface area contributed by atoms with E-state index in [0.29, 0.717) is 0 Å². The molecule has 0 aliphatic rings. The van der Waals surface area contributed by atoms with Gasteiger partial charge in [0.2, 0.25) is 0 Å². The molecule has 2 aromatic rings. The number of anilines is 1. The molecule has 1 aromatic heterocycles. The first kappa shape index (κ1) is 12.6. The van der Waals surface area contributed by atoms with Crippen LogP contribution in [0.1, 0.15) is 38.0 Å². The molecule has 1 heterocycles. The molecule has 2 N–H and O–H groups in total. The Labute approximate surface area is 108 Å². The van der Waals surface area contributed by atoms with E-state index in [0.717, 1.165) is 23.8 Å². The lowest BCUT2D eigenvalue weighted by Gasteiger charge is -2.12. The van der Waals surface area contributed by atoms with Crippen LogP contribution in [0.25, 0.3) is 0 Å². The average Bonchev–Trinajstić information content (AvgIpc) is 2.63. The van der Waals surface area contributed by atoms with Crippen LogP contribution in [0.3, 0.4) is 0 Å². The first-order chi connectivity index (χ1) is 8.36. The van der Waals surface area contributed by atoms with Crippen LogP contribution in [0.4, 0.5) is 5.69 Å². The predicted octanol–water partition coefficient (Wildman–Crippen LogP) is 2.29. The number of benzene rings is 1. The Kier molecular flexibility index (Phi) is 3.11. The van der Waals surface area contributed by atoms with Crippen molar-refractivity contribution in [3.05, 3.63) is 41.5 Å². The van der Waals surface area contributed by atoms with Crippen molar-refractivity contribution in [3.8, 4) is 0 Å². The second kappa shape index (κ2) is 4.44. The molecule has 0 spiro atoms. The third kappa shape index (κ3) is 2.70. The number of aryl methyl sites for hydroxylation is 1. The highest BCUT2D eigenvalue weighted by Crippen LogP contribution is 2.19. The smallest absolute Gasteiger partial charge is 0.156 e. The Bertz CT molecular complexity index is 532. The van der Waals surface area contributed by atoms with Crippen LogP contribution >= 0.6 is 0 Å². The van der Waals surface area contributed by atoms with Gasteiger partial charge in [0.1, 0.15) is 5.82 Å². The van der Waals surface area contributed by atoms with E-state index in [4.69, 9.17) is 5.73 Å². The van der Waals surface area contributed by atoms with Crippen molar-refractivity contribution in [3.63, 3.8) is 0 Å². The zero-order valence-corrected chi connectivity index (χ0v) is 11.4. The van der Waals surface area contributed by atoms with Gasteiger partial charge in [-0.1, -0.05) is 32.9 Å². The number of rotatable bonds is 2. The summed E-state index contributed by atoms with van der Waals surface area (Å²) in [6, 6.07) is 7.88. The van der Waals surface area contributed by atoms with E-state index in [9.17, 15) is 0 Å². The van der Waals surface area contributed by atoms with Crippen LogP contribution in [0.2, 0.25) is 0 Å². The van der Waals surface area contributed by atoms with Gasteiger partial charge >= 0.3 is 0 Å². The number of nitrogens with two attached hydrogens (primary N) is 1. The summed E-state index contributed by atoms with van der Waals surface area (Å²) in [4.78, 5) is 4.62. The molecule has 2 rings (SSSR count). The molecule has 4 nitrogen and oxygen atoms in total. The Hall–Kier alpha value is -1.84. The minimum absolute atomic E-state index is 0.0167. The molecular weight excluding hydrogens is 224 g/mol. The van der Waals surface area contributed by atoms with Gasteiger partial charge in [-0.05, 0) is 17.7 Å². The maximum Gasteiger partial charge on any atom is 0.156 e. The highest BCUT2D eigenvalue weighted by Gasteiger charge is 2.20. The van der Waals surface area contributed by atoms with Crippen LogP contribution < -0.4 is 5.73 Å². The molecule has 0 aliphatic heterocycles. The minimum Gasteiger partial charge on any atom is -0.399 e. The Morgan fingerprint density at radius 2 is 1.78 bits per heavy atom. The van der Waals surface area contributed by atoms with Gasteiger partial charge in [0, 0.05) is 24.6 Å². The summed E-state index contributed by atoms with van der Waals surface area (Å²) in [6.07, 6.45) is 0.778. The van der Waals surface area contributed by atoms with Gasteiger partial charge in [-0.25, -0.2) is 4.98 Å². The second-order valence-corrected chi connectivity index (χ2v) is 5.64. The van der Waals surface area contributed by atoms with Gasteiger partial charge < -0.3 is 5.73 Å². The SMILES string of the molecule is Cn1nc(C(C)(C)C)nc1Cc1ccc(N)cc1. The van der Waals surface area contributed by atoms with Gasteiger partial charge in [-0.3, -0.25) is 4.68 Å². The molecular formula is C14H20N4. The quantitative estimate of drug-likeness (QED) is 0.825. The van der Waals surface area contributed by atoms with Crippen molar-refractivity contribution >= 4 is 5.69 Å². The van der Waals surface area contributed by atoms with Gasteiger partial charge in [0.25, 0.3) is 0 Å². The predicted molar refractivity (Wildman–Crippen MR) is 73.4 cm³/mol. The highest BCUT2D eigenvalue weighted by molar-refractivity contribution is 5.39. The van der Waals surface area contributed by atoms with Crippen LogP contribution in [0.5, 0.6) is 0 Å². The molecule has 0 atom stereocenters. The summed E-state index contributed by atoms with van der Waals surface area (Å²) < 4.78 is 1.86. The third-order valence-corrected chi connectivity index (χ3v) is 2.87. The maximum absolute atomic E-state index is 5.68. The summed E-state index contributed by atoms with van der Waals surface area (Å²) >= 11 is 0. The summed E-state index contributed by atoms with van der Waals surface area (Å²) in [7, 11) is 1.94. The van der Waals surface area contributed by atoms with Gasteiger partial charge in [-0.15, -0.1) is 0 Å². The van der Waals surface area contributed by atoms with Gasteiger partial charge in [0.05, 0.1) is 0 Å². The number of nitrogens with zero attached hydrogens (tertiary/aromatic N) is 3. The van der Waals surface area contributed by atoms with E-state index in [1.165, 1.54) is 5.56 Å². The fourth-order valence-electron chi connectivity index (χ4n) is 1.71. The third-order valence-electron chi connectivity index (χ3n) is 2.87. The monoisotopic (exact) mass is 244 g/mol. The number of hydrogen-bond acceptors (Lipinski definition) is 3. The van der Waals surface area contributed by atoms with Gasteiger partial charge in [0.15, 0.2) is 5.82 Å². The highest BCUT2D eigenvalue weighted by atomic mass is 15.3. The summed E-state index contributed by atoms with van der Waals surface area (Å²) in [5, 5.41) is 4.48. The molecule has 0 fully saturated rings. The number of hydrogen-bond donors (Lipinski definition) is 1. The lowest BCUT2D eigenvalue weighted by Crippen LogP contribution is -2.13. The van der Waals surface area contributed by atoms with Crippen LogP contribution in [0, 0.1) is 0 Å². The maximum atomic E-state index is 5.68. The molecule has 4 heteroatoms. The Balaban J connectivity index is 2.24. The Morgan fingerprint density at radius 3 is 2.28 bits per heavy atom. The lowest BCUT2D eigenvalue weighted by atomic mass is 9.96. The molecule has 0 aliphatic carbocycles. The molecule has 0 saturated carbocycles. The lowest BCUT2D eigenvalue weighted by molar-refractivity contribution is 0.538. The largest absolute Gasteiger partial charge is 0.399 e. The van der Waals surface area contributed by atoms with Gasteiger partial charge in [-0.2, -0.15) is 5.10 Å². The normalized spacial score (nSPS) is 11.8. The average molecular weight is 244 g/mol. The van der Waals surface area contributed by atoms with Crippen molar-refractivity contribution in [1.29, 1.82) is 0 Å². The molecule has 18 heavy (non-hydrogen) atoms. The van der Waals surface area contributed by atoms with E-state index in [-0.39, 0.29) is 5.41 Å². The molecule has 96 valence electrons. The first-order valence-electron chi connectivity index (χ1n) is 6.11. The fraction of sp³-hybridized carbons (Fsp3) is 0.429. The van der Waals surface area contributed by atoms with E-state index in [1.807, 2.05) is 36.0 Å². The Morgan fingerprint density at radius 1 is 1.17 bits per heavy atom.